The van der Waals surface area contributed by atoms with Crippen LogP contribution in [0.15, 0.2) is 61.1 Å². The molecule has 2 aromatic heterocycles. The van der Waals surface area contributed by atoms with E-state index in [2.05, 4.69) is 15.3 Å². The van der Waals surface area contributed by atoms with Crippen LogP contribution in [0.2, 0.25) is 0 Å². The van der Waals surface area contributed by atoms with E-state index in [1.165, 1.54) is 6.07 Å². The van der Waals surface area contributed by atoms with Gasteiger partial charge in [-0.25, -0.2) is 4.98 Å². The van der Waals surface area contributed by atoms with Crippen molar-refractivity contribution in [2.24, 2.45) is 0 Å². The molecule has 0 atom stereocenters. The molecule has 0 bridgehead atoms. The van der Waals surface area contributed by atoms with Crippen molar-refractivity contribution in [2.45, 2.75) is 19.6 Å². The van der Waals surface area contributed by atoms with Crippen LogP contribution in [0.5, 0.6) is 11.6 Å². The van der Waals surface area contributed by atoms with Crippen LogP contribution < -0.4 is 10.1 Å². The topological polar surface area (TPSA) is 47.0 Å². The highest BCUT2D eigenvalue weighted by atomic mass is 19.4. The van der Waals surface area contributed by atoms with Crippen LogP contribution in [0, 0.1) is 0 Å². The Morgan fingerprint density at radius 2 is 1.96 bits per heavy atom. The van der Waals surface area contributed by atoms with Gasteiger partial charge >= 0.3 is 6.18 Å². The van der Waals surface area contributed by atoms with Crippen LogP contribution in [0.25, 0.3) is 10.9 Å². The van der Waals surface area contributed by atoms with Crippen LogP contribution >= 0.6 is 0 Å². The second-order valence-electron chi connectivity index (χ2n) is 5.49. The van der Waals surface area contributed by atoms with Gasteiger partial charge in [0.25, 0.3) is 0 Å². The number of allylic oxidation sites excluding steroid dienone is 1. The average molecular weight is 359 g/mol. The Labute approximate surface area is 148 Å². The molecule has 2 heterocycles. The van der Waals surface area contributed by atoms with Crippen molar-refractivity contribution in [3.05, 3.63) is 72.2 Å². The van der Waals surface area contributed by atoms with Gasteiger partial charge in [-0.2, -0.15) is 13.2 Å². The quantitative estimate of drug-likeness (QED) is 0.691. The summed E-state index contributed by atoms with van der Waals surface area (Å²) in [6.45, 7) is 2.53. The molecule has 3 aromatic rings. The Hall–Kier alpha value is -3.09. The van der Waals surface area contributed by atoms with Crippen molar-refractivity contribution in [3.63, 3.8) is 0 Å². The monoisotopic (exact) mass is 359 g/mol. The van der Waals surface area contributed by atoms with E-state index in [-0.39, 0.29) is 5.88 Å². The third-order valence-electron chi connectivity index (χ3n) is 3.68. The van der Waals surface area contributed by atoms with Gasteiger partial charge in [-0.05, 0) is 36.9 Å². The van der Waals surface area contributed by atoms with Crippen molar-refractivity contribution in [3.8, 4) is 11.6 Å². The summed E-state index contributed by atoms with van der Waals surface area (Å²) in [7, 11) is 0. The highest BCUT2D eigenvalue weighted by Crippen LogP contribution is 2.32. The minimum atomic E-state index is -4.43. The van der Waals surface area contributed by atoms with Crippen molar-refractivity contribution >= 4 is 10.9 Å². The first-order valence-electron chi connectivity index (χ1n) is 7.91. The number of aromatic nitrogens is 2. The van der Waals surface area contributed by atoms with Crippen LogP contribution in [-0.4, -0.2) is 9.97 Å². The zero-order chi connectivity index (χ0) is 18.6. The molecular weight excluding hydrogens is 343 g/mol. The highest BCUT2D eigenvalue weighted by Gasteiger charge is 2.30. The summed E-state index contributed by atoms with van der Waals surface area (Å²) in [5.41, 5.74) is 0.825. The zero-order valence-corrected chi connectivity index (χ0v) is 13.9. The number of alkyl halides is 3. The van der Waals surface area contributed by atoms with Gasteiger partial charge in [0.05, 0.1) is 5.56 Å². The predicted molar refractivity (Wildman–Crippen MR) is 92.7 cm³/mol. The molecule has 0 saturated carbocycles. The minimum absolute atomic E-state index is 0.0738. The van der Waals surface area contributed by atoms with Gasteiger partial charge in [0.15, 0.2) is 5.75 Å². The molecule has 1 aromatic carbocycles. The van der Waals surface area contributed by atoms with Gasteiger partial charge in [0.1, 0.15) is 5.52 Å². The molecule has 0 amide bonds. The lowest BCUT2D eigenvalue weighted by Crippen LogP contribution is -2.06. The van der Waals surface area contributed by atoms with Crippen molar-refractivity contribution in [1.82, 2.24) is 15.3 Å². The Bertz CT molecular complexity index is 921. The van der Waals surface area contributed by atoms with E-state index in [1.807, 2.05) is 37.4 Å². The number of fused-ring (bicyclic) bond motifs is 1. The molecule has 134 valence electrons. The van der Waals surface area contributed by atoms with Crippen LogP contribution in [0.3, 0.4) is 0 Å². The lowest BCUT2D eigenvalue weighted by molar-refractivity contribution is -0.137. The normalized spacial score (nSPS) is 11.8. The zero-order valence-electron chi connectivity index (χ0n) is 13.9. The van der Waals surface area contributed by atoms with E-state index < -0.39 is 11.7 Å². The van der Waals surface area contributed by atoms with Crippen LogP contribution in [0.4, 0.5) is 13.2 Å². The average Bonchev–Trinajstić information content (AvgIpc) is 2.63. The lowest BCUT2D eigenvalue weighted by atomic mass is 10.1. The fourth-order valence-corrected chi connectivity index (χ4v) is 2.45. The Morgan fingerprint density at radius 1 is 1.12 bits per heavy atom. The number of pyridine rings is 2. The molecule has 4 nitrogen and oxygen atoms in total. The number of hydrogen-bond acceptors (Lipinski definition) is 4. The molecular formula is C19H16F3N3O. The summed E-state index contributed by atoms with van der Waals surface area (Å²) < 4.78 is 43.5. The number of ether oxygens (including phenoxy) is 1. The molecule has 26 heavy (non-hydrogen) atoms. The predicted octanol–water partition coefficient (Wildman–Crippen LogP) is 5.06. The van der Waals surface area contributed by atoms with Gasteiger partial charge < -0.3 is 10.1 Å². The van der Waals surface area contributed by atoms with E-state index in [0.717, 1.165) is 23.2 Å². The summed E-state index contributed by atoms with van der Waals surface area (Å²) in [5, 5.41) is 4.06. The SMILES string of the molecule is CC=CNCc1ccc(Oc2ccc(C(F)(F)F)cn2)c2ncccc12. The second kappa shape index (κ2) is 7.43. The van der Waals surface area contributed by atoms with Gasteiger partial charge in [-0.15, -0.1) is 0 Å². The van der Waals surface area contributed by atoms with Gasteiger partial charge in [0.2, 0.25) is 5.88 Å². The maximum atomic E-state index is 12.6. The number of halogens is 3. The lowest BCUT2D eigenvalue weighted by Gasteiger charge is -2.12. The molecule has 0 spiro atoms. The van der Waals surface area contributed by atoms with Crippen molar-refractivity contribution in [1.29, 1.82) is 0 Å². The van der Waals surface area contributed by atoms with Gasteiger partial charge in [0, 0.05) is 30.4 Å². The molecule has 0 fully saturated rings. The summed E-state index contributed by atoms with van der Waals surface area (Å²) in [5.74, 6) is 0.507. The Balaban J connectivity index is 1.90. The Kier molecular flexibility index (Phi) is 5.06. The first-order chi connectivity index (χ1) is 12.5. The van der Waals surface area contributed by atoms with Crippen LogP contribution in [0.1, 0.15) is 18.1 Å². The number of hydrogen-bond donors (Lipinski definition) is 1. The number of nitrogens with one attached hydrogen (secondary N) is 1. The number of nitrogens with zero attached hydrogens (tertiary/aromatic N) is 2. The van der Waals surface area contributed by atoms with Crippen molar-refractivity contribution < 1.29 is 17.9 Å². The fourth-order valence-electron chi connectivity index (χ4n) is 2.45. The van der Waals surface area contributed by atoms with Crippen molar-refractivity contribution in [2.75, 3.05) is 0 Å². The van der Waals surface area contributed by atoms with E-state index in [1.54, 1.807) is 12.3 Å². The van der Waals surface area contributed by atoms with E-state index in [4.69, 9.17) is 4.74 Å². The number of rotatable bonds is 5. The molecule has 0 aliphatic rings. The highest BCUT2D eigenvalue weighted by molar-refractivity contribution is 5.87. The molecule has 0 radical (unpaired) electrons. The van der Waals surface area contributed by atoms with Crippen LogP contribution in [-0.2, 0) is 12.7 Å². The Morgan fingerprint density at radius 3 is 2.65 bits per heavy atom. The number of benzene rings is 1. The third kappa shape index (κ3) is 3.93. The molecule has 0 saturated heterocycles. The summed E-state index contributed by atoms with van der Waals surface area (Å²) in [4.78, 5) is 8.08. The molecule has 3 rings (SSSR count). The molecule has 0 aliphatic carbocycles. The molecule has 1 N–H and O–H groups in total. The van der Waals surface area contributed by atoms with E-state index in [0.29, 0.717) is 17.8 Å². The van der Waals surface area contributed by atoms with E-state index in [9.17, 15) is 13.2 Å². The first-order valence-corrected chi connectivity index (χ1v) is 7.91. The largest absolute Gasteiger partial charge is 0.437 e. The molecule has 7 heteroatoms. The fraction of sp³-hybridized carbons (Fsp3) is 0.158. The minimum Gasteiger partial charge on any atom is -0.437 e. The molecule has 0 aliphatic heterocycles. The third-order valence-corrected chi connectivity index (χ3v) is 3.68. The standard InChI is InChI=1S/C19H16F3N3O/c1-2-9-23-11-13-5-7-16(18-15(13)4-3-10-24-18)26-17-8-6-14(12-25-17)19(20,21)22/h2-10,12,23H,11H2,1H3. The second-order valence-corrected chi connectivity index (χ2v) is 5.49. The maximum Gasteiger partial charge on any atom is 0.417 e. The maximum absolute atomic E-state index is 12.6. The summed E-state index contributed by atoms with van der Waals surface area (Å²) in [6.07, 6.45) is 1.70. The first kappa shape index (κ1) is 17.7. The summed E-state index contributed by atoms with van der Waals surface area (Å²) >= 11 is 0. The van der Waals surface area contributed by atoms with E-state index >= 15 is 0 Å². The van der Waals surface area contributed by atoms with Gasteiger partial charge in [-0.1, -0.05) is 18.2 Å². The molecule has 0 unspecified atom stereocenters. The van der Waals surface area contributed by atoms with Gasteiger partial charge in [-0.3, -0.25) is 4.98 Å². The smallest absolute Gasteiger partial charge is 0.417 e. The summed E-state index contributed by atoms with van der Waals surface area (Å²) in [6, 6.07) is 9.50.